The van der Waals surface area contributed by atoms with Crippen molar-refractivity contribution in [1.29, 1.82) is 0 Å². The van der Waals surface area contributed by atoms with Gasteiger partial charge in [0.15, 0.2) is 5.78 Å². The zero-order chi connectivity index (χ0) is 22.6. The van der Waals surface area contributed by atoms with Crippen LogP contribution in [0.15, 0.2) is 30.3 Å². The lowest BCUT2D eigenvalue weighted by Crippen LogP contribution is -2.57. The van der Waals surface area contributed by atoms with Crippen molar-refractivity contribution in [3.63, 3.8) is 0 Å². The van der Waals surface area contributed by atoms with Crippen molar-refractivity contribution < 1.29 is 27.9 Å². The summed E-state index contributed by atoms with van der Waals surface area (Å²) < 4.78 is 30.3. The van der Waals surface area contributed by atoms with E-state index in [0.29, 0.717) is 5.75 Å². The van der Waals surface area contributed by atoms with E-state index in [1.165, 1.54) is 0 Å². The van der Waals surface area contributed by atoms with E-state index in [1.807, 2.05) is 26.8 Å². The minimum atomic E-state index is -3.96. The summed E-state index contributed by atoms with van der Waals surface area (Å²) in [4.78, 5) is 27.1. The molecule has 31 heavy (non-hydrogen) atoms. The van der Waals surface area contributed by atoms with Crippen LogP contribution in [0, 0.1) is 11.3 Å². The SMILES string of the molecule is C[C@H](NP(=O)(OC[C@@H]1C(=O)C2CCN1CC2)Oc1ccccc1)C(=O)OCC(C)(C)C. The highest BCUT2D eigenvalue weighted by molar-refractivity contribution is 7.52. The molecule has 172 valence electrons. The molecule has 0 aromatic heterocycles. The van der Waals surface area contributed by atoms with E-state index in [1.54, 1.807) is 31.2 Å². The van der Waals surface area contributed by atoms with Crippen LogP contribution in [-0.4, -0.2) is 55.0 Å². The molecule has 3 aliphatic heterocycles. The van der Waals surface area contributed by atoms with Crippen LogP contribution in [0.4, 0.5) is 0 Å². The maximum atomic E-state index is 13.6. The fraction of sp³-hybridized carbons (Fsp3) is 0.636. The fourth-order valence-corrected chi connectivity index (χ4v) is 5.21. The van der Waals surface area contributed by atoms with Crippen molar-refractivity contribution in [2.45, 2.75) is 52.6 Å². The highest BCUT2D eigenvalue weighted by Gasteiger charge is 2.43. The molecule has 9 heteroatoms. The average Bonchev–Trinajstić information content (AvgIpc) is 2.72. The average molecular weight is 452 g/mol. The van der Waals surface area contributed by atoms with E-state index in [0.717, 1.165) is 25.9 Å². The van der Waals surface area contributed by atoms with Crippen molar-refractivity contribution in [3.05, 3.63) is 30.3 Å². The quantitative estimate of drug-likeness (QED) is 0.450. The molecule has 3 atom stereocenters. The zero-order valence-electron chi connectivity index (χ0n) is 18.7. The van der Waals surface area contributed by atoms with Gasteiger partial charge in [0.2, 0.25) is 0 Å². The summed E-state index contributed by atoms with van der Waals surface area (Å²) in [6.07, 6.45) is 1.73. The van der Waals surface area contributed by atoms with E-state index in [4.69, 9.17) is 13.8 Å². The van der Waals surface area contributed by atoms with Gasteiger partial charge in [-0.3, -0.25) is 19.0 Å². The number of para-hydroxylation sites is 1. The number of Topliss-reactive ketones (excluding diaryl/α,β-unsaturated/α-hetero) is 1. The molecule has 0 radical (unpaired) electrons. The second kappa shape index (κ2) is 9.82. The van der Waals surface area contributed by atoms with Gasteiger partial charge >= 0.3 is 13.7 Å². The monoisotopic (exact) mass is 452 g/mol. The van der Waals surface area contributed by atoms with Crippen LogP contribution in [0.25, 0.3) is 0 Å². The zero-order valence-corrected chi connectivity index (χ0v) is 19.6. The lowest BCUT2D eigenvalue weighted by Gasteiger charge is -2.43. The topological polar surface area (TPSA) is 94.2 Å². The van der Waals surface area contributed by atoms with Gasteiger partial charge in [0.1, 0.15) is 11.8 Å². The molecular weight excluding hydrogens is 419 g/mol. The van der Waals surface area contributed by atoms with Gasteiger partial charge in [0.05, 0.1) is 19.3 Å². The molecule has 4 rings (SSSR count). The van der Waals surface area contributed by atoms with Crippen molar-refractivity contribution in [3.8, 4) is 5.75 Å². The van der Waals surface area contributed by atoms with Crippen molar-refractivity contribution in [2.24, 2.45) is 11.3 Å². The smallest absolute Gasteiger partial charge is 0.459 e. The molecule has 3 fully saturated rings. The number of carbonyl (C=O) groups excluding carboxylic acids is 2. The highest BCUT2D eigenvalue weighted by atomic mass is 31.2. The van der Waals surface area contributed by atoms with E-state index in [-0.39, 0.29) is 30.3 Å². The maximum Gasteiger partial charge on any atom is 0.459 e. The Morgan fingerprint density at radius 2 is 1.87 bits per heavy atom. The van der Waals surface area contributed by atoms with Gasteiger partial charge in [-0.1, -0.05) is 39.0 Å². The number of carbonyl (C=O) groups is 2. The first kappa shape index (κ1) is 23.9. The second-order valence-electron chi connectivity index (χ2n) is 9.45. The standard InChI is InChI=1S/C22H33N2O6P/c1-16(21(26)28-15-22(2,3)4)23-31(27,30-18-8-6-5-7-9-18)29-14-19-20(25)17-10-12-24(19)13-11-17/h5-9,16-17,19H,10-15H2,1-4H3,(H,23,27)/t16-,19+,31?/m0/s1. The number of benzene rings is 1. The summed E-state index contributed by atoms with van der Waals surface area (Å²) in [5.41, 5.74) is -0.189. The summed E-state index contributed by atoms with van der Waals surface area (Å²) in [5, 5.41) is 2.68. The number of rotatable bonds is 9. The number of fused-ring (bicyclic) bond motifs is 3. The Kier molecular flexibility index (Phi) is 7.58. The molecule has 0 saturated carbocycles. The highest BCUT2D eigenvalue weighted by Crippen LogP contribution is 2.45. The first-order chi connectivity index (χ1) is 14.6. The lowest BCUT2D eigenvalue weighted by atomic mass is 9.82. The third kappa shape index (κ3) is 6.62. The first-order valence-electron chi connectivity index (χ1n) is 10.8. The molecule has 3 aliphatic rings. The number of hydrogen-bond acceptors (Lipinski definition) is 7. The number of nitrogens with zero attached hydrogens (tertiary/aromatic N) is 1. The number of esters is 1. The molecule has 1 N–H and O–H groups in total. The van der Waals surface area contributed by atoms with E-state index >= 15 is 0 Å². The van der Waals surface area contributed by atoms with E-state index < -0.39 is 25.8 Å². The fourth-order valence-electron chi connectivity index (χ4n) is 3.72. The van der Waals surface area contributed by atoms with Crippen LogP contribution >= 0.6 is 7.75 Å². The number of ether oxygens (including phenoxy) is 1. The minimum absolute atomic E-state index is 0.0484. The number of nitrogens with one attached hydrogen (secondary N) is 1. The van der Waals surface area contributed by atoms with Gasteiger partial charge in [-0.25, -0.2) is 4.57 Å². The molecule has 3 saturated heterocycles. The normalized spacial score (nSPS) is 26.2. The van der Waals surface area contributed by atoms with Crippen molar-refractivity contribution in [2.75, 3.05) is 26.3 Å². The van der Waals surface area contributed by atoms with Gasteiger partial charge in [-0.05, 0) is 50.4 Å². The van der Waals surface area contributed by atoms with Crippen LogP contribution < -0.4 is 9.61 Å². The second-order valence-corrected chi connectivity index (χ2v) is 11.1. The van der Waals surface area contributed by atoms with Gasteiger partial charge in [-0.2, -0.15) is 5.09 Å². The van der Waals surface area contributed by atoms with Gasteiger partial charge in [0, 0.05) is 5.92 Å². The predicted octanol–water partition coefficient (Wildman–Crippen LogP) is 3.42. The molecule has 0 aliphatic carbocycles. The summed E-state index contributed by atoms with van der Waals surface area (Å²) in [7, 11) is -3.96. The van der Waals surface area contributed by atoms with Crippen LogP contribution in [0.5, 0.6) is 5.75 Å². The number of hydrogen-bond donors (Lipinski definition) is 1. The number of ketones is 1. The molecule has 1 aromatic carbocycles. The van der Waals surface area contributed by atoms with E-state index in [9.17, 15) is 14.2 Å². The predicted molar refractivity (Wildman–Crippen MR) is 117 cm³/mol. The lowest BCUT2D eigenvalue weighted by molar-refractivity contribution is -0.148. The van der Waals surface area contributed by atoms with Crippen LogP contribution in [0.3, 0.4) is 0 Å². The van der Waals surface area contributed by atoms with Gasteiger partial charge in [0.25, 0.3) is 0 Å². The molecule has 1 unspecified atom stereocenters. The molecule has 3 heterocycles. The van der Waals surface area contributed by atoms with Crippen LogP contribution in [0.1, 0.15) is 40.5 Å². The van der Waals surface area contributed by atoms with Crippen LogP contribution in [0.2, 0.25) is 0 Å². The van der Waals surface area contributed by atoms with E-state index in [2.05, 4.69) is 9.99 Å². The Bertz CT molecular complexity index is 817. The Morgan fingerprint density at radius 1 is 1.23 bits per heavy atom. The molecule has 2 bridgehead atoms. The number of piperidine rings is 3. The molecular formula is C22H33N2O6P. The summed E-state index contributed by atoms with van der Waals surface area (Å²) in [6, 6.07) is 7.24. The van der Waals surface area contributed by atoms with Crippen molar-refractivity contribution >= 4 is 19.5 Å². The third-order valence-corrected chi connectivity index (χ3v) is 7.07. The molecule has 8 nitrogen and oxygen atoms in total. The Morgan fingerprint density at radius 3 is 2.45 bits per heavy atom. The summed E-state index contributed by atoms with van der Waals surface area (Å²) in [5.74, 6) is -0.0361. The summed E-state index contributed by atoms with van der Waals surface area (Å²) in [6.45, 7) is 9.24. The molecule has 0 amide bonds. The molecule has 0 spiro atoms. The maximum absolute atomic E-state index is 13.6. The van der Waals surface area contributed by atoms with Gasteiger partial charge in [-0.15, -0.1) is 0 Å². The first-order valence-corrected chi connectivity index (χ1v) is 12.3. The Hall–Kier alpha value is -1.73. The third-order valence-electron chi connectivity index (χ3n) is 5.43. The van der Waals surface area contributed by atoms with Crippen LogP contribution in [-0.2, 0) is 23.4 Å². The van der Waals surface area contributed by atoms with Gasteiger partial charge < -0.3 is 9.26 Å². The largest absolute Gasteiger partial charge is 0.464 e. The minimum Gasteiger partial charge on any atom is -0.464 e. The van der Waals surface area contributed by atoms with Crippen molar-refractivity contribution in [1.82, 2.24) is 9.99 Å². The molecule has 1 aromatic rings. The summed E-state index contributed by atoms with van der Waals surface area (Å²) >= 11 is 0. The Balaban J connectivity index is 1.68. The Labute approximate surface area is 184 Å².